The molecule has 0 aromatic heterocycles. The third-order valence-corrected chi connectivity index (χ3v) is 4.23. The molecule has 0 fully saturated rings. The van der Waals surface area contributed by atoms with Crippen molar-refractivity contribution in [3.8, 4) is 0 Å². The highest BCUT2D eigenvalue weighted by molar-refractivity contribution is 5.91. The standard InChI is InChI=1S/C21H34O3/c1-3-4-5-6-7-8-9-10-11-12-13-14-15-16-17-18-19-20(24-19)21(22)23-2/h15-18H,3-14H2,1-2H3. The number of carbonyl (C=O) groups excluding carboxylic acids is 1. The smallest absolute Gasteiger partial charge is 0.377 e. The van der Waals surface area contributed by atoms with Crippen LogP contribution in [0.4, 0.5) is 0 Å². The number of rotatable bonds is 15. The summed E-state index contributed by atoms with van der Waals surface area (Å²) in [6, 6.07) is 0. The van der Waals surface area contributed by atoms with Gasteiger partial charge < -0.3 is 9.47 Å². The molecule has 3 nitrogen and oxygen atoms in total. The highest BCUT2D eigenvalue weighted by Gasteiger charge is 2.30. The first kappa shape index (κ1) is 20.5. The van der Waals surface area contributed by atoms with Crippen molar-refractivity contribution in [1.82, 2.24) is 0 Å². The van der Waals surface area contributed by atoms with Gasteiger partial charge in [-0.25, -0.2) is 4.79 Å². The molecule has 0 unspecified atom stereocenters. The molecule has 0 aliphatic carbocycles. The maximum atomic E-state index is 11.1. The summed E-state index contributed by atoms with van der Waals surface area (Å²) >= 11 is 0. The van der Waals surface area contributed by atoms with Crippen LogP contribution in [0.2, 0.25) is 0 Å². The Kier molecular flexibility index (Phi) is 11.9. The molecule has 0 atom stereocenters. The summed E-state index contributed by atoms with van der Waals surface area (Å²) in [5.74, 6) is 0.535. The van der Waals surface area contributed by atoms with Gasteiger partial charge in [-0.3, -0.25) is 0 Å². The highest BCUT2D eigenvalue weighted by Crippen LogP contribution is 2.27. The van der Waals surface area contributed by atoms with Crippen molar-refractivity contribution in [1.29, 1.82) is 0 Å². The predicted molar refractivity (Wildman–Crippen MR) is 99.5 cm³/mol. The number of ether oxygens (including phenoxy) is 2. The van der Waals surface area contributed by atoms with E-state index in [2.05, 4.69) is 17.7 Å². The quantitative estimate of drug-likeness (QED) is 0.203. The van der Waals surface area contributed by atoms with Gasteiger partial charge in [-0.15, -0.1) is 0 Å². The minimum absolute atomic E-state index is 0.326. The fraction of sp³-hybridized carbons (Fsp3) is 0.667. The van der Waals surface area contributed by atoms with E-state index in [1.165, 1.54) is 77.7 Å². The van der Waals surface area contributed by atoms with Crippen LogP contribution in [0.25, 0.3) is 0 Å². The van der Waals surface area contributed by atoms with Gasteiger partial charge in [0.25, 0.3) is 5.76 Å². The Labute approximate surface area is 147 Å². The Morgan fingerprint density at radius 3 is 2.08 bits per heavy atom. The molecular weight excluding hydrogens is 300 g/mol. The maximum Gasteiger partial charge on any atom is 0.377 e. The van der Waals surface area contributed by atoms with E-state index < -0.39 is 5.97 Å². The van der Waals surface area contributed by atoms with Gasteiger partial charge in [0, 0.05) is 0 Å². The van der Waals surface area contributed by atoms with Crippen LogP contribution >= 0.6 is 0 Å². The van der Waals surface area contributed by atoms with Gasteiger partial charge in [-0.05, 0) is 18.9 Å². The van der Waals surface area contributed by atoms with Crippen molar-refractivity contribution in [3.05, 3.63) is 35.8 Å². The summed E-state index contributed by atoms with van der Waals surface area (Å²) in [7, 11) is 1.35. The molecule has 3 heteroatoms. The van der Waals surface area contributed by atoms with E-state index in [-0.39, 0.29) is 0 Å². The van der Waals surface area contributed by atoms with Gasteiger partial charge in [0.2, 0.25) is 0 Å². The van der Waals surface area contributed by atoms with Gasteiger partial charge in [0.15, 0.2) is 5.76 Å². The van der Waals surface area contributed by atoms with Crippen LogP contribution in [-0.2, 0) is 14.3 Å². The summed E-state index contributed by atoms with van der Waals surface area (Å²) in [5, 5.41) is 0. The second kappa shape index (κ2) is 13.9. The van der Waals surface area contributed by atoms with Gasteiger partial charge >= 0.3 is 5.97 Å². The number of hydrogen-bond acceptors (Lipinski definition) is 3. The number of carbonyl (C=O) groups is 1. The fourth-order valence-corrected chi connectivity index (χ4v) is 2.67. The molecule has 0 spiro atoms. The van der Waals surface area contributed by atoms with E-state index >= 15 is 0 Å². The monoisotopic (exact) mass is 334 g/mol. The molecule has 136 valence electrons. The van der Waals surface area contributed by atoms with Crippen molar-refractivity contribution in [2.75, 3.05) is 7.11 Å². The second-order valence-corrected chi connectivity index (χ2v) is 6.40. The third-order valence-electron chi connectivity index (χ3n) is 4.23. The molecule has 0 saturated carbocycles. The SMILES string of the molecule is CCCCCCCCCCCCCC=CC=CC1=C(C(=O)OC)O1. The number of methoxy groups -OCH3 is 1. The van der Waals surface area contributed by atoms with Crippen LogP contribution in [0.3, 0.4) is 0 Å². The summed E-state index contributed by atoms with van der Waals surface area (Å²) in [6.45, 7) is 2.27. The molecule has 0 aromatic rings. The summed E-state index contributed by atoms with van der Waals surface area (Å²) in [6.07, 6.45) is 24.2. The fourth-order valence-electron chi connectivity index (χ4n) is 2.67. The van der Waals surface area contributed by atoms with Crippen LogP contribution in [0.15, 0.2) is 35.8 Å². The first-order chi connectivity index (χ1) is 11.8. The van der Waals surface area contributed by atoms with E-state index in [9.17, 15) is 4.79 Å². The number of esters is 1. The number of allylic oxidation sites excluding steroid dienone is 4. The lowest BCUT2D eigenvalue weighted by Gasteiger charge is -2.01. The zero-order valence-electron chi connectivity index (χ0n) is 15.5. The average molecular weight is 335 g/mol. The highest BCUT2D eigenvalue weighted by atomic mass is 16.6. The first-order valence-corrected chi connectivity index (χ1v) is 9.63. The van der Waals surface area contributed by atoms with Crippen molar-refractivity contribution in [2.45, 2.75) is 84.0 Å². The van der Waals surface area contributed by atoms with Crippen LogP contribution in [0.5, 0.6) is 0 Å². The molecule has 1 heterocycles. The van der Waals surface area contributed by atoms with Gasteiger partial charge in [0.05, 0.1) is 7.11 Å². The minimum atomic E-state index is -0.403. The third kappa shape index (κ3) is 10.3. The summed E-state index contributed by atoms with van der Waals surface area (Å²) in [4.78, 5) is 11.1. The Morgan fingerprint density at radius 1 is 0.917 bits per heavy atom. The molecule has 1 aliphatic rings. The van der Waals surface area contributed by atoms with E-state index in [4.69, 9.17) is 4.74 Å². The van der Waals surface area contributed by atoms with Gasteiger partial charge in [0.1, 0.15) is 0 Å². The normalized spacial score (nSPS) is 13.8. The lowest BCUT2D eigenvalue weighted by molar-refractivity contribution is -0.137. The van der Waals surface area contributed by atoms with E-state index in [0.29, 0.717) is 11.5 Å². The van der Waals surface area contributed by atoms with Gasteiger partial charge in [-0.1, -0.05) is 89.4 Å². The Balaban J connectivity index is 1.85. The Morgan fingerprint density at radius 2 is 1.50 bits per heavy atom. The molecular formula is C21H34O3. The van der Waals surface area contributed by atoms with Crippen molar-refractivity contribution < 1.29 is 14.3 Å². The number of unbranched alkanes of at least 4 members (excludes halogenated alkanes) is 11. The van der Waals surface area contributed by atoms with Gasteiger partial charge in [-0.2, -0.15) is 0 Å². The molecule has 0 aromatic carbocycles. The zero-order valence-corrected chi connectivity index (χ0v) is 15.5. The van der Waals surface area contributed by atoms with Crippen LogP contribution in [-0.4, -0.2) is 13.1 Å². The molecule has 0 N–H and O–H groups in total. The minimum Gasteiger partial charge on any atom is -0.463 e. The molecule has 1 rings (SSSR count). The molecule has 0 radical (unpaired) electrons. The number of hydrogen-bond donors (Lipinski definition) is 0. The first-order valence-electron chi connectivity index (χ1n) is 9.63. The summed E-state index contributed by atoms with van der Waals surface area (Å²) in [5.41, 5.74) is 0. The molecule has 1 aliphatic heterocycles. The molecule has 0 saturated heterocycles. The lowest BCUT2D eigenvalue weighted by atomic mass is 10.1. The van der Waals surface area contributed by atoms with Crippen LogP contribution < -0.4 is 0 Å². The zero-order chi connectivity index (χ0) is 17.5. The Hall–Kier alpha value is -1.51. The second-order valence-electron chi connectivity index (χ2n) is 6.40. The van der Waals surface area contributed by atoms with E-state index in [0.717, 1.165) is 6.42 Å². The maximum absolute atomic E-state index is 11.1. The van der Waals surface area contributed by atoms with E-state index in [1.807, 2.05) is 12.2 Å². The van der Waals surface area contributed by atoms with Crippen molar-refractivity contribution in [3.63, 3.8) is 0 Å². The van der Waals surface area contributed by atoms with E-state index in [1.54, 1.807) is 6.08 Å². The van der Waals surface area contributed by atoms with Crippen molar-refractivity contribution >= 4 is 5.97 Å². The van der Waals surface area contributed by atoms with Crippen LogP contribution in [0.1, 0.15) is 84.0 Å². The lowest BCUT2D eigenvalue weighted by Crippen LogP contribution is -1.96. The molecule has 24 heavy (non-hydrogen) atoms. The molecule has 0 amide bonds. The Bertz CT molecular complexity index is 432. The topological polar surface area (TPSA) is 38.8 Å². The average Bonchev–Trinajstić information content (AvgIpc) is 3.37. The van der Waals surface area contributed by atoms with Crippen molar-refractivity contribution in [2.24, 2.45) is 0 Å². The largest absolute Gasteiger partial charge is 0.463 e. The summed E-state index contributed by atoms with van der Waals surface area (Å²) < 4.78 is 9.59. The molecule has 0 bridgehead atoms. The van der Waals surface area contributed by atoms with Crippen LogP contribution in [0, 0.1) is 0 Å². The predicted octanol–water partition coefficient (Wildman–Crippen LogP) is 6.21.